The third-order valence-corrected chi connectivity index (χ3v) is 2.57. The van der Waals surface area contributed by atoms with E-state index in [1.54, 1.807) is 0 Å². The summed E-state index contributed by atoms with van der Waals surface area (Å²) in [5.74, 6) is -1.62. The summed E-state index contributed by atoms with van der Waals surface area (Å²) in [6.45, 7) is -0.144. The number of carbonyl (C=O) groups is 2. The smallest absolute Gasteiger partial charge is 0.334 e. The molecule has 0 aromatic heterocycles. The van der Waals surface area contributed by atoms with Gasteiger partial charge in [0.1, 0.15) is 0 Å². The molecule has 0 spiro atoms. The van der Waals surface area contributed by atoms with Crippen molar-refractivity contribution in [1.82, 2.24) is 5.32 Å². The first-order chi connectivity index (χ1) is 8.43. The molecular formula is C11H11Cl2NO4. The van der Waals surface area contributed by atoms with Gasteiger partial charge in [0.05, 0.1) is 6.54 Å². The summed E-state index contributed by atoms with van der Waals surface area (Å²) >= 11 is 11.5. The van der Waals surface area contributed by atoms with Crippen molar-refractivity contribution in [1.29, 1.82) is 0 Å². The van der Waals surface area contributed by atoms with Gasteiger partial charge in [0.25, 0.3) is 5.91 Å². The minimum atomic E-state index is -1.15. The predicted molar refractivity (Wildman–Crippen MR) is 67.2 cm³/mol. The highest BCUT2D eigenvalue weighted by molar-refractivity contribution is 6.35. The Hall–Kier alpha value is -1.30. The zero-order valence-electron chi connectivity index (χ0n) is 9.44. The van der Waals surface area contributed by atoms with Crippen molar-refractivity contribution in [3.05, 3.63) is 33.8 Å². The predicted octanol–water partition coefficient (Wildman–Crippen LogP) is 1.82. The van der Waals surface area contributed by atoms with Gasteiger partial charge in [-0.25, -0.2) is 4.79 Å². The number of hydrogen-bond donors (Lipinski definition) is 2. The van der Waals surface area contributed by atoms with Crippen molar-refractivity contribution in [2.75, 3.05) is 13.7 Å². The number of carboxylic acids is 1. The molecule has 0 heterocycles. The molecule has 0 aliphatic rings. The molecule has 0 fully saturated rings. The van der Waals surface area contributed by atoms with Crippen molar-refractivity contribution >= 4 is 35.1 Å². The molecular weight excluding hydrogens is 281 g/mol. The third kappa shape index (κ3) is 4.18. The number of amides is 1. The molecule has 2 N–H and O–H groups in total. The van der Waals surface area contributed by atoms with Crippen LogP contribution in [0, 0.1) is 0 Å². The van der Waals surface area contributed by atoms with Crippen molar-refractivity contribution < 1.29 is 19.4 Å². The molecule has 0 radical (unpaired) electrons. The topological polar surface area (TPSA) is 75.6 Å². The van der Waals surface area contributed by atoms with E-state index in [2.05, 4.69) is 10.1 Å². The van der Waals surface area contributed by atoms with Crippen LogP contribution in [0.15, 0.2) is 18.2 Å². The molecule has 0 aliphatic heterocycles. The van der Waals surface area contributed by atoms with Gasteiger partial charge in [0, 0.05) is 22.7 Å². The van der Waals surface area contributed by atoms with Gasteiger partial charge in [0.2, 0.25) is 0 Å². The van der Waals surface area contributed by atoms with Crippen LogP contribution in [0.4, 0.5) is 0 Å². The van der Waals surface area contributed by atoms with Gasteiger partial charge in [-0.05, 0) is 18.2 Å². The van der Waals surface area contributed by atoms with Gasteiger partial charge in [0.15, 0.2) is 6.10 Å². The van der Waals surface area contributed by atoms with Crippen LogP contribution < -0.4 is 5.32 Å². The largest absolute Gasteiger partial charge is 0.479 e. The van der Waals surface area contributed by atoms with Gasteiger partial charge in [-0.2, -0.15) is 0 Å². The Labute approximate surface area is 114 Å². The number of rotatable bonds is 5. The van der Waals surface area contributed by atoms with Crippen LogP contribution in [0.2, 0.25) is 10.0 Å². The first kappa shape index (κ1) is 14.8. The summed E-state index contributed by atoms with van der Waals surface area (Å²) in [5.41, 5.74) is 0.257. The van der Waals surface area contributed by atoms with Gasteiger partial charge >= 0.3 is 5.97 Å². The number of methoxy groups -OCH3 is 1. The Balaban J connectivity index is 2.68. The number of carboxylic acid groups (broad SMARTS) is 1. The average molecular weight is 292 g/mol. The highest BCUT2D eigenvalue weighted by Gasteiger charge is 2.17. The van der Waals surface area contributed by atoms with E-state index in [4.69, 9.17) is 28.3 Å². The van der Waals surface area contributed by atoms with Crippen molar-refractivity contribution in [2.45, 2.75) is 6.10 Å². The number of aliphatic carboxylic acids is 1. The van der Waals surface area contributed by atoms with Gasteiger partial charge < -0.3 is 15.2 Å². The quantitative estimate of drug-likeness (QED) is 0.868. The maximum Gasteiger partial charge on any atom is 0.334 e. The van der Waals surface area contributed by atoms with E-state index >= 15 is 0 Å². The lowest BCUT2D eigenvalue weighted by atomic mass is 10.2. The number of ether oxygens (including phenoxy) is 1. The van der Waals surface area contributed by atoms with Gasteiger partial charge in [-0.1, -0.05) is 23.2 Å². The fourth-order valence-corrected chi connectivity index (χ4v) is 1.77. The van der Waals surface area contributed by atoms with Crippen LogP contribution in [0.25, 0.3) is 0 Å². The minimum absolute atomic E-state index is 0.144. The molecule has 18 heavy (non-hydrogen) atoms. The van der Waals surface area contributed by atoms with E-state index < -0.39 is 18.0 Å². The van der Waals surface area contributed by atoms with Crippen molar-refractivity contribution in [2.24, 2.45) is 0 Å². The van der Waals surface area contributed by atoms with E-state index in [0.717, 1.165) is 0 Å². The number of halogens is 2. The van der Waals surface area contributed by atoms with E-state index in [1.165, 1.54) is 25.3 Å². The maximum atomic E-state index is 11.7. The zero-order valence-corrected chi connectivity index (χ0v) is 11.0. The summed E-state index contributed by atoms with van der Waals surface area (Å²) in [4.78, 5) is 22.4. The summed E-state index contributed by atoms with van der Waals surface area (Å²) < 4.78 is 4.68. The minimum Gasteiger partial charge on any atom is -0.479 e. The molecule has 5 nitrogen and oxygen atoms in total. The highest BCUT2D eigenvalue weighted by Crippen LogP contribution is 2.18. The lowest BCUT2D eigenvalue weighted by Crippen LogP contribution is -2.37. The van der Waals surface area contributed by atoms with E-state index in [0.29, 0.717) is 10.0 Å². The molecule has 98 valence electrons. The lowest BCUT2D eigenvalue weighted by molar-refractivity contribution is -0.148. The molecule has 0 aliphatic carbocycles. The molecule has 1 aromatic rings. The summed E-state index contributed by atoms with van der Waals surface area (Å²) in [5, 5.41) is 11.8. The molecule has 0 bridgehead atoms. The Morgan fingerprint density at radius 2 is 1.89 bits per heavy atom. The number of nitrogens with one attached hydrogen (secondary N) is 1. The van der Waals surface area contributed by atoms with Gasteiger partial charge in [-0.3, -0.25) is 4.79 Å². The Morgan fingerprint density at radius 1 is 1.33 bits per heavy atom. The van der Waals surface area contributed by atoms with E-state index in [1.807, 2.05) is 0 Å². The summed E-state index contributed by atoms with van der Waals surface area (Å²) in [7, 11) is 1.25. The molecule has 1 rings (SSSR count). The van der Waals surface area contributed by atoms with Crippen LogP contribution in [0.1, 0.15) is 10.4 Å². The third-order valence-electron chi connectivity index (χ3n) is 2.13. The second kappa shape index (κ2) is 6.58. The molecule has 0 saturated carbocycles. The Morgan fingerprint density at radius 3 is 2.33 bits per heavy atom. The molecule has 1 atom stereocenters. The Kier molecular flexibility index (Phi) is 5.40. The van der Waals surface area contributed by atoms with Crippen LogP contribution in [0.3, 0.4) is 0 Å². The lowest BCUT2D eigenvalue weighted by Gasteiger charge is -2.11. The Bertz CT molecular complexity index is 444. The number of carbonyl (C=O) groups excluding carboxylic acids is 1. The second-order valence-corrected chi connectivity index (χ2v) is 4.30. The molecule has 7 heteroatoms. The van der Waals surface area contributed by atoms with Gasteiger partial charge in [-0.15, -0.1) is 0 Å². The number of benzene rings is 1. The van der Waals surface area contributed by atoms with Crippen molar-refractivity contribution in [3.63, 3.8) is 0 Å². The number of hydrogen-bond acceptors (Lipinski definition) is 3. The van der Waals surface area contributed by atoms with Crippen molar-refractivity contribution in [3.8, 4) is 0 Å². The summed E-state index contributed by atoms with van der Waals surface area (Å²) in [6, 6.07) is 4.37. The van der Waals surface area contributed by atoms with Crippen LogP contribution in [0.5, 0.6) is 0 Å². The molecule has 1 unspecified atom stereocenters. The highest BCUT2D eigenvalue weighted by atomic mass is 35.5. The maximum absolute atomic E-state index is 11.7. The van der Waals surface area contributed by atoms with Crippen LogP contribution in [-0.4, -0.2) is 36.7 Å². The first-order valence-electron chi connectivity index (χ1n) is 4.94. The standard InChI is InChI=1S/C11H11Cl2NO4/c1-18-9(11(16)17)5-14-10(15)6-2-7(12)4-8(13)3-6/h2-4,9H,5H2,1H3,(H,14,15)(H,16,17). The van der Waals surface area contributed by atoms with E-state index in [-0.39, 0.29) is 12.1 Å². The monoisotopic (exact) mass is 291 g/mol. The second-order valence-electron chi connectivity index (χ2n) is 3.43. The molecule has 1 aromatic carbocycles. The van der Waals surface area contributed by atoms with Crippen LogP contribution >= 0.6 is 23.2 Å². The summed E-state index contributed by atoms with van der Waals surface area (Å²) in [6.07, 6.45) is -1.09. The normalized spacial score (nSPS) is 11.9. The fourth-order valence-electron chi connectivity index (χ4n) is 1.24. The SMILES string of the molecule is COC(CNC(=O)c1cc(Cl)cc(Cl)c1)C(=O)O. The molecule has 0 saturated heterocycles. The van der Waals surface area contributed by atoms with Crippen LogP contribution in [-0.2, 0) is 9.53 Å². The fraction of sp³-hybridized carbons (Fsp3) is 0.273. The zero-order chi connectivity index (χ0) is 13.7. The molecule has 1 amide bonds. The average Bonchev–Trinajstić information content (AvgIpc) is 2.27. The first-order valence-corrected chi connectivity index (χ1v) is 5.69. The van der Waals surface area contributed by atoms with E-state index in [9.17, 15) is 9.59 Å².